The van der Waals surface area contributed by atoms with E-state index < -0.39 is 0 Å². The quantitative estimate of drug-likeness (QED) is 0.717. The van der Waals surface area contributed by atoms with Crippen LogP contribution in [0.1, 0.15) is 31.7 Å². The summed E-state index contributed by atoms with van der Waals surface area (Å²) in [7, 11) is 0. The summed E-state index contributed by atoms with van der Waals surface area (Å²) in [6.45, 7) is 2.63. The number of rotatable bonds is 7. The van der Waals surface area contributed by atoms with Crippen LogP contribution >= 0.6 is 27.7 Å². The van der Waals surface area contributed by atoms with Crippen molar-refractivity contribution in [3.8, 4) is 0 Å². The smallest absolute Gasteiger partial charge is 0.243 e. The Bertz CT molecular complexity index is 553. The molecular weight excluding hydrogens is 376 g/mol. The molecule has 1 unspecified atom stereocenters. The van der Waals surface area contributed by atoms with E-state index in [4.69, 9.17) is 0 Å². The summed E-state index contributed by atoms with van der Waals surface area (Å²) in [6.07, 6.45) is 3.16. The Morgan fingerprint density at radius 3 is 3.00 bits per heavy atom. The van der Waals surface area contributed by atoms with Gasteiger partial charge in [-0.1, -0.05) is 35.0 Å². The molecule has 1 heterocycles. The van der Waals surface area contributed by atoms with E-state index in [9.17, 15) is 9.59 Å². The normalized spacial score (nSPS) is 17.3. The molecule has 0 radical (unpaired) electrons. The van der Waals surface area contributed by atoms with Gasteiger partial charge in [-0.2, -0.15) is 0 Å². The summed E-state index contributed by atoms with van der Waals surface area (Å²) in [6, 6.07) is 7.91. The van der Waals surface area contributed by atoms with Crippen LogP contribution in [0.25, 0.3) is 0 Å². The maximum Gasteiger partial charge on any atom is 0.243 e. The zero-order chi connectivity index (χ0) is 16.7. The average molecular weight is 399 g/mol. The van der Waals surface area contributed by atoms with E-state index in [2.05, 4.69) is 33.4 Å². The number of hydrogen-bond donors (Lipinski definition) is 1. The highest BCUT2D eigenvalue weighted by molar-refractivity contribution is 9.10. The summed E-state index contributed by atoms with van der Waals surface area (Å²) >= 11 is 5.11. The van der Waals surface area contributed by atoms with E-state index in [1.807, 2.05) is 19.1 Å². The van der Waals surface area contributed by atoms with E-state index in [0.717, 1.165) is 23.7 Å². The number of carbonyl (C=O) groups excluding carboxylic acids is 2. The predicted molar refractivity (Wildman–Crippen MR) is 98.3 cm³/mol. The van der Waals surface area contributed by atoms with Gasteiger partial charge in [0.25, 0.3) is 0 Å². The zero-order valence-electron chi connectivity index (χ0n) is 13.4. The molecule has 1 aliphatic heterocycles. The number of nitrogens with one attached hydrogen (secondary N) is 1. The maximum absolute atomic E-state index is 12.3. The molecule has 0 saturated carbocycles. The number of benzene rings is 1. The molecule has 1 N–H and O–H groups in total. The van der Waals surface area contributed by atoms with Crippen LogP contribution in [-0.2, 0) is 16.0 Å². The van der Waals surface area contributed by atoms with Gasteiger partial charge >= 0.3 is 0 Å². The number of nitrogens with zero attached hydrogens (tertiary/aromatic N) is 1. The first-order chi connectivity index (χ1) is 11.1. The molecule has 0 aliphatic carbocycles. The fourth-order valence-electron chi connectivity index (χ4n) is 2.58. The van der Waals surface area contributed by atoms with Crippen LogP contribution in [0.2, 0.25) is 0 Å². The Kier molecular flexibility index (Phi) is 7.43. The van der Waals surface area contributed by atoms with E-state index in [1.165, 1.54) is 5.56 Å². The van der Waals surface area contributed by atoms with Crippen molar-refractivity contribution in [3.05, 3.63) is 34.3 Å². The monoisotopic (exact) mass is 398 g/mol. The van der Waals surface area contributed by atoms with Gasteiger partial charge in [0.1, 0.15) is 6.04 Å². The SMILES string of the molecule is CCCC(=O)N1CSCC1C(=O)NCCCc1cccc(Br)c1. The number of carbonyl (C=O) groups is 2. The highest BCUT2D eigenvalue weighted by Gasteiger charge is 2.33. The van der Waals surface area contributed by atoms with Gasteiger partial charge in [0.2, 0.25) is 11.8 Å². The number of aryl methyl sites for hydroxylation is 1. The molecule has 1 saturated heterocycles. The van der Waals surface area contributed by atoms with Crippen molar-refractivity contribution in [3.63, 3.8) is 0 Å². The molecule has 1 aliphatic rings. The van der Waals surface area contributed by atoms with Crippen molar-refractivity contribution >= 4 is 39.5 Å². The van der Waals surface area contributed by atoms with Crippen LogP contribution in [0.5, 0.6) is 0 Å². The van der Waals surface area contributed by atoms with Crippen LogP contribution in [0.15, 0.2) is 28.7 Å². The van der Waals surface area contributed by atoms with Crippen LogP contribution in [-0.4, -0.2) is 40.9 Å². The summed E-state index contributed by atoms with van der Waals surface area (Å²) < 4.78 is 1.08. The average Bonchev–Trinajstić information content (AvgIpc) is 3.01. The van der Waals surface area contributed by atoms with E-state index in [0.29, 0.717) is 24.6 Å². The lowest BCUT2D eigenvalue weighted by molar-refractivity contribution is -0.138. The molecular formula is C17H23BrN2O2S. The summed E-state index contributed by atoms with van der Waals surface area (Å²) in [5, 5.41) is 2.98. The number of halogens is 1. The van der Waals surface area contributed by atoms with Gasteiger partial charge in [-0.15, -0.1) is 11.8 Å². The highest BCUT2D eigenvalue weighted by atomic mass is 79.9. The molecule has 6 heteroatoms. The minimum absolute atomic E-state index is 0.0197. The Morgan fingerprint density at radius 1 is 1.43 bits per heavy atom. The molecule has 2 rings (SSSR count). The minimum Gasteiger partial charge on any atom is -0.354 e. The first-order valence-electron chi connectivity index (χ1n) is 8.01. The number of amides is 2. The van der Waals surface area contributed by atoms with Crippen LogP contribution in [0.4, 0.5) is 0 Å². The van der Waals surface area contributed by atoms with Gasteiger partial charge in [0.15, 0.2) is 0 Å². The third-order valence-electron chi connectivity index (χ3n) is 3.80. The van der Waals surface area contributed by atoms with Crippen molar-refractivity contribution in [2.45, 2.75) is 38.6 Å². The molecule has 0 spiro atoms. The second-order valence-electron chi connectivity index (χ2n) is 5.65. The lowest BCUT2D eigenvalue weighted by Gasteiger charge is -2.23. The van der Waals surface area contributed by atoms with Gasteiger partial charge in [-0.25, -0.2) is 0 Å². The Morgan fingerprint density at radius 2 is 2.26 bits per heavy atom. The third kappa shape index (κ3) is 5.53. The zero-order valence-corrected chi connectivity index (χ0v) is 15.8. The third-order valence-corrected chi connectivity index (χ3v) is 5.31. The van der Waals surface area contributed by atoms with E-state index >= 15 is 0 Å². The van der Waals surface area contributed by atoms with Gasteiger partial charge in [0.05, 0.1) is 5.88 Å². The molecule has 4 nitrogen and oxygen atoms in total. The molecule has 23 heavy (non-hydrogen) atoms. The second-order valence-corrected chi connectivity index (χ2v) is 7.57. The Labute approximate surface area is 150 Å². The molecule has 1 fully saturated rings. The van der Waals surface area contributed by atoms with Crippen molar-refractivity contribution in [2.75, 3.05) is 18.2 Å². The Balaban J connectivity index is 1.74. The fourth-order valence-corrected chi connectivity index (χ4v) is 4.20. The largest absolute Gasteiger partial charge is 0.354 e. The van der Waals surface area contributed by atoms with Gasteiger partial charge in [-0.05, 0) is 37.0 Å². The molecule has 1 aromatic carbocycles. The summed E-state index contributed by atoms with van der Waals surface area (Å²) in [5.41, 5.74) is 1.25. The molecule has 1 atom stereocenters. The molecule has 2 amide bonds. The summed E-state index contributed by atoms with van der Waals surface area (Å²) in [5.74, 6) is 1.41. The minimum atomic E-state index is -0.301. The maximum atomic E-state index is 12.3. The van der Waals surface area contributed by atoms with E-state index in [-0.39, 0.29) is 17.9 Å². The lowest BCUT2D eigenvalue weighted by Crippen LogP contribution is -2.47. The molecule has 1 aromatic rings. The molecule has 0 aromatic heterocycles. The van der Waals surface area contributed by atoms with Crippen molar-refractivity contribution in [1.82, 2.24) is 10.2 Å². The standard InChI is InChI=1S/C17H23BrN2O2S/c1-2-5-16(21)20-12-23-11-15(20)17(22)19-9-4-7-13-6-3-8-14(18)10-13/h3,6,8,10,15H,2,4-5,7,9,11-12H2,1H3,(H,19,22). The summed E-state index contributed by atoms with van der Waals surface area (Å²) in [4.78, 5) is 26.1. The van der Waals surface area contributed by atoms with E-state index in [1.54, 1.807) is 16.7 Å². The van der Waals surface area contributed by atoms with Gasteiger partial charge in [-0.3, -0.25) is 9.59 Å². The Hall–Kier alpha value is -1.01. The number of hydrogen-bond acceptors (Lipinski definition) is 3. The predicted octanol–water partition coefficient (Wildman–Crippen LogP) is 3.20. The van der Waals surface area contributed by atoms with Gasteiger partial charge < -0.3 is 10.2 Å². The first-order valence-corrected chi connectivity index (χ1v) is 9.96. The van der Waals surface area contributed by atoms with Crippen molar-refractivity contribution < 1.29 is 9.59 Å². The van der Waals surface area contributed by atoms with Crippen LogP contribution < -0.4 is 5.32 Å². The van der Waals surface area contributed by atoms with Crippen LogP contribution in [0.3, 0.4) is 0 Å². The first kappa shape index (κ1) is 18.3. The molecule has 0 bridgehead atoms. The highest BCUT2D eigenvalue weighted by Crippen LogP contribution is 2.22. The molecule has 126 valence electrons. The number of thioether (sulfide) groups is 1. The topological polar surface area (TPSA) is 49.4 Å². The van der Waals surface area contributed by atoms with Crippen molar-refractivity contribution in [2.24, 2.45) is 0 Å². The van der Waals surface area contributed by atoms with Crippen molar-refractivity contribution in [1.29, 1.82) is 0 Å². The lowest BCUT2D eigenvalue weighted by atomic mass is 10.1. The van der Waals surface area contributed by atoms with Crippen LogP contribution in [0, 0.1) is 0 Å². The second kappa shape index (κ2) is 9.33. The van der Waals surface area contributed by atoms with Gasteiger partial charge in [0, 0.05) is 23.2 Å². The fraction of sp³-hybridized carbons (Fsp3) is 0.529.